The maximum Gasteiger partial charge on any atom is 0.223 e. The average Bonchev–Trinajstić information content (AvgIpc) is 3.42. The molecular formula is C26H18BrN3O3. The number of aryl methyl sites for hydroxylation is 1. The number of hydrogen-bond donors (Lipinski definition) is 1. The zero-order chi connectivity index (χ0) is 22.7. The molecule has 3 aromatic carbocycles. The Morgan fingerprint density at radius 2 is 1.88 bits per heavy atom. The van der Waals surface area contributed by atoms with Gasteiger partial charge in [-0.25, -0.2) is 4.98 Å². The number of hydrogen-bond acceptors (Lipinski definition) is 6. The summed E-state index contributed by atoms with van der Waals surface area (Å²) in [6.45, 7) is 1.78. The zero-order valence-corrected chi connectivity index (χ0v) is 19.5. The fourth-order valence-corrected chi connectivity index (χ4v) is 5.08. The van der Waals surface area contributed by atoms with Crippen LogP contribution in [0.4, 0.5) is 0 Å². The van der Waals surface area contributed by atoms with Crippen LogP contribution in [0.1, 0.15) is 17.0 Å². The lowest BCUT2D eigenvalue weighted by molar-refractivity contribution is 0.373. The van der Waals surface area contributed by atoms with Gasteiger partial charge in [-0.3, -0.25) is 0 Å². The Hall–Kier alpha value is -3.71. The lowest BCUT2D eigenvalue weighted by atomic mass is 9.95. The van der Waals surface area contributed by atoms with Crippen LogP contribution < -0.4 is 4.74 Å². The molecule has 0 unspecified atom stereocenters. The molecule has 33 heavy (non-hydrogen) atoms. The first-order chi connectivity index (χ1) is 16.0. The number of nitrogens with zero attached hydrogens (tertiary/aromatic N) is 3. The molecule has 162 valence electrons. The quantitative estimate of drug-likeness (QED) is 0.307. The number of pyridine rings is 1. The van der Waals surface area contributed by atoms with Crippen LogP contribution in [0.25, 0.3) is 44.7 Å². The van der Waals surface area contributed by atoms with Crippen molar-refractivity contribution in [2.24, 2.45) is 0 Å². The predicted molar refractivity (Wildman–Crippen MR) is 129 cm³/mol. The normalized spacial score (nSPS) is 12.1. The number of phenolic OH excluding ortho intramolecular Hbond substituents is 1. The van der Waals surface area contributed by atoms with Crippen LogP contribution in [-0.4, -0.2) is 27.3 Å². The van der Waals surface area contributed by atoms with Crippen molar-refractivity contribution in [1.82, 2.24) is 15.1 Å². The molecule has 6 rings (SSSR count). The van der Waals surface area contributed by atoms with E-state index in [-0.39, 0.29) is 5.75 Å². The predicted octanol–water partition coefficient (Wildman–Crippen LogP) is 6.31. The lowest BCUT2D eigenvalue weighted by Crippen LogP contribution is -1.97. The van der Waals surface area contributed by atoms with E-state index < -0.39 is 0 Å². The maximum absolute atomic E-state index is 10.2. The van der Waals surface area contributed by atoms with Gasteiger partial charge in [0.05, 0.1) is 18.3 Å². The van der Waals surface area contributed by atoms with Crippen LogP contribution >= 0.6 is 15.9 Å². The molecule has 2 aromatic heterocycles. The summed E-state index contributed by atoms with van der Waals surface area (Å²) in [4.78, 5) is 9.46. The molecule has 5 aromatic rings. The molecule has 0 fully saturated rings. The van der Waals surface area contributed by atoms with Crippen molar-refractivity contribution in [2.45, 2.75) is 13.3 Å². The van der Waals surface area contributed by atoms with Crippen molar-refractivity contribution in [3.05, 3.63) is 76.1 Å². The van der Waals surface area contributed by atoms with Crippen molar-refractivity contribution in [3.63, 3.8) is 0 Å². The number of rotatable bonds is 3. The number of methoxy groups -OCH3 is 1. The maximum atomic E-state index is 10.2. The van der Waals surface area contributed by atoms with Gasteiger partial charge in [0, 0.05) is 34.3 Å². The van der Waals surface area contributed by atoms with Crippen molar-refractivity contribution >= 4 is 26.8 Å². The van der Waals surface area contributed by atoms with E-state index in [4.69, 9.17) is 14.2 Å². The number of ether oxygens (including phenoxy) is 1. The van der Waals surface area contributed by atoms with E-state index >= 15 is 0 Å². The fourth-order valence-electron chi connectivity index (χ4n) is 4.56. The first-order valence-electron chi connectivity index (χ1n) is 10.5. The van der Waals surface area contributed by atoms with Gasteiger partial charge >= 0.3 is 0 Å². The van der Waals surface area contributed by atoms with Gasteiger partial charge in [-0.2, -0.15) is 4.98 Å². The Morgan fingerprint density at radius 1 is 1.03 bits per heavy atom. The van der Waals surface area contributed by atoms with Gasteiger partial charge in [-0.05, 0) is 68.5 Å². The van der Waals surface area contributed by atoms with Gasteiger partial charge in [-0.1, -0.05) is 29.4 Å². The van der Waals surface area contributed by atoms with Crippen molar-refractivity contribution in [2.75, 3.05) is 7.11 Å². The van der Waals surface area contributed by atoms with Crippen LogP contribution in [-0.2, 0) is 6.42 Å². The number of aromatic nitrogens is 3. The van der Waals surface area contributed by atoms with Gasteiger partial charge in [0.1, 0.15) is 0 Å². The second-order valence-corrected chi connectivity index (χ2v) is 8.88. The lowest BCUT2D eigenvalue weighted by Gasteiger charge is -2.15. The first-order valence-corrected chi connectivity index (χ1v) is 11.2. The van der Waals surface area contributed by atoms with Gasteiger partial charge in [0.25, 0.3) is 0 Å². The summed E-state index contributed by atoms with van der Waals surface area (Å²) >= 11 is 3.62. The Kier molecular flexibility index (Phi) is 4.48. The number of phenols is 1. The summed E-state index contributed by atoms with van der Waals surface area (Å²) in [6.07, 6.45) is 0.769. The van der Waals surface area contributed by atoms with E-state index in [0.717, 1.165) is 49.7 Å². The molecule has 0 radical (unpaired) electrons. The first kappa shape index (κ1) is 19.9. The van der Waals surface area contributed by atoms with Gasteiger partial charge in [0.2, 0.25) is 11.7 Å². The Morgan fingerprint density at radius 3 is 2.67 bits per heavy atom. The van der Waals surface area contributed by atoms with Crippen LogP contribution in [0.15, 0.2) is 63.6 Å². The van der Waals surface area contributed by atoms with E-state index in [1.54, 1.807) is 20.1 Å². The van der Waals surface area contributed by atoms with Crippen LogP contribution in [0.2, 0.25) is 0 Å². The van der Waals surface area contributed by atoms with Crippen LogP contribution in [0.5, 0.6) is 11.5 Å². The summed E-state index contributed by atoms with van der Waals surface area (Å²) in [7, 11) is 1.54. The molecule has 1 aliphatic rings. The molecule has 7 heteroatoms. The summed E-state index contributed by atoms with van der Waals surface area (Å²) in [6, 6.07) is 18.0. The molecule has 1 N–H and O–H groups in total. The van der Waals surface area contributed by atoms with Gasteiger partial charge in [0.15, 0.2) is 11.5 Å². The van der Waals surface area contributed by atoms with Crippen molar-refractivity contribution < 1.29 is 14.4 Å². The minimum absolute atomic E-state index is 0.0777. The Balaban J connectivity index is 1.67. The highest BCUT2D eigenvalue weighted by Crippen LogP contribution is 2.47. The van der Waals surface area contributed by atoms with E-state index in [1.807, 2.05) is 18.2 Å². The average molecular weight is 500 g/mol. The van der Waals surface area contributed by atoms with Crippen LogP contribution in [0.3, 0.4) is 0 Å². The topological polar surface area (TPSA) is 81.3 Å². The minimum atomic E-state index is 0.0777. The standard InChI is InChI=1S/C26H18BrN3O3/c1-13-28-26(30-33-13)15-7-8-21-18(10-15)24-16-6-4-3-5-14(16)9-19(24)25(29-21)17-11-23(32-2)22(31)12-20(17)27/h3-8,10-12,31H,9H2,1-2H3. The van der Waals surface area contributed by atoms with Gasteiger partial charge in [-0.15, -0.1) is 0 Å². The third kappa shape index (κ3) is 3.11. The number of fused-ring (bicyclic) bond motifs is 5. The van der Waals surface area contributed by atoms with E-state index in [2.05, 4.69) is 56.4 Å². The largest absolute Gasteiger partial charge is 0.504 e. The highest BCUT2D eigenvalue weighted by Gasteiger charge is 2.27. The fraction of sp³-hybridized carbons (Fsp3) is 0.115. The molecule has 0 bridgehead atoms. The SMILES string of the molecule is COc1cc(-c2nc3ccc(-c4noc(C)n4)cc3c3c2Cc2ccccc2-3)c(Br)cc1O. The van der Waals surface area contributed by atoms with Crippen molar-refractivity contribution in [1.29, 1.82) is 0 Å². The molecule has 0 saturated heterocycles. The highest BCUT2D eigenvalue weighted by atomic mass is 79.9. The number of benzene rings is 3. The third-order valence-electron chi connectivity index (χ3n) is 6.05. The molecule has 0 saturated carbocycles. The molecular weight excluding hydrogens is 482 g/mol. The van der Waals surface area contributed by atoms with E-state index in [1.165, 1.54) is 11.1 Å². The summed E-state index contributed by atoms with van der Waals surface area (Å²) in [5.41, 5.74) is 8.23. The number of halogens is 1. The zero-order valence-electron chi connectivity index (χ0n) is 17.9. The second kappa shape index (κ2) is 7.42. The van der Waals surface area contributed by atoms with Crippen LogP contribution in [0, 0.1) is 6.92 Å². The highest BCUT2D eigenvalue weighted by molar-refractivity contribution is 9.10. The molecule has 0 aliphatic heterocycles. The molecule has 0 spiro atoms. The minimum Gasteiger partial charge on any atom is -0.504 e. The van der Waals surface area contributed by atoms with Gasteiger partial charge < -0.3 is 14.4 Å². The summed E-state index contributed by atoms with van der Waals surface area (Å²) in [5.74, 6) is 1.57. The molecule has 0 amide bonds. The van der Waals surface area contributed by atoms with E-state index in [9.17, 15) is 5.11 Å². The Labute approximate surface area is 198 Å². The smallest absolute Gasteiger partial charge is 0.223 e. The van der Waals surface area contributed by atoms with E-state index in [0.29, 0.717) is 17.5 Å². The molecule has 2 heterocycles. The number of aromatic hydroxyl groups is 1. The molecule has 0 atom stereocenters. The molecule has 6 nitrogen and oxygen atoms in total. The second-order valence-electron chi connectivity index (χ2n) is 8.02. The molecule has 1 aliphatic carbocycles. The van der Waals surface area contributed by atoms with Crippen molar-refractivity contribution in [3.8, 4) is 45.3 Å². The Bertz CT molecular complexity index is 1580. The summed E-state index contributed by atoms with van der Waals surface area (Å²) in [5, 5.41) is 15.3. The monoisotopic (exact) mass is 499 g/mol. The summed E-state index contributed by atoms with van der Waals surface area (Å²) < 4.78 is 11.3. The third-order valence-corrected chi connectivity index (χ3v) is 6.71.